The van der Waals surface area contributed by atoms with Gasteiger partial charge in [-0.3, -0.25) is 14.7 Å². The molecule has 1 aliphatic rings. The lowest BCUT2D eigenvalue weighted by Gasteiger charge is -2.41. The van der Waals surface area contributed by atoms with Gasteiger partial charge in [0.2, 0.25) is 0 Å². The SMILES string of the molecule is CC(C)(CNC(=O)c1cnc2ccccc2n1)N1CCCCC1. The topological polar surface area (TPSA) is 58.1 Å². The Morgan fingerprint density at radius 1 is 1.17 bits per heavy atom. The van der Waals surface area contributed by atoms with Gasteiger partial charge in [-0.2, -0.15) is 0 Å². The highest BCUT2D eigenvalue weighted by Crippen LogP contribution is 2.20. The zero-order chi connectivity index (χ0) is 16.3. The maximum absolute atomic E-state index is 12.4. The molecule has 0 unspecified atom stereocenters. The van der Waals surface area contributed by atoms with Crippen LogP contribution in [-0.2, 0) is 0 Å². The molecular formula is C18H24N4O. The van der Waals surface area contributed by atoms with E-state index in [4.69, 9.17) is 0 Å². The molecule has 1 amide bonds. The van der Waals surface area contributed by atoms with Crippen LogP contribution in [0.15, 0.2) is 30.5 Å². The van der Waals surface area contributed by atoms with Gasteiger partial charge in [-0.1, -0.05) is 18.6 Å². The van der Waals surface area contributed by atoms with Gasteiger partial charge in [0.1, 0.15) is 5.69 Å². The van der Waals surface area contributed by atoms with E-state index in [1.165, 1.54) is 19.3 Å². The summed E-state index contributed by atoms with van der Waals surface area (Å²) in [5.74, 6) is -0.159. The van der Waals surface area contributed by atoms with Crippen LogP contribution in [0.3, 0.4) is 0 Å². The fourth-order valence-corrected chi connectivity index (χ4v) is 3.06. The van der Waals surface area contributed by atoms with Crippen molar-refractivity contribution in [1.82, 2.24) is 20.2 Å². The van der Waals surface area contributed by atoms with Crippen LogP contribution in [0.2, 0.25) is 0 Å². The van der Waals surface area contributed by atoms with Crippen molar-refractivity contribution in [2.24, 2.45) is 0 Å². The van der Waals surface area contributed by atoms with Crippen LogP contribution in [0, 0.1) is 0 Å². The molecule has 2 heterocycles. The minimum absolute atomic E-state index is 0.0413. The Labute approximate surface area is 137 Å². The first-order chi connectivity index (χ1) is 11.1. The average molecular weight is 312 g/mol. The molecule has 122 valence electrons. The quantitative estimate of drug-likeness (QED) is 0.943. The molecule has 0 spiro atoms. The van der Waals surface area contributed by atoms with Gasteiger partial charge in [-0.25, -0.2) is 4.98 Å². The van der Waals surface area contributed by atoms with Crippen LogP contribution in [0.1, 0.15) is 43.6 Å². The number of hydrogen-bond donors (Lipinski definition) is 1. The molecule has 0 aliphatic carbocycles. The van der Waals surface area contributed by atoms with Crippen molar-refractivity contribution in [2.45, 2.75) is 38.6 Å². The maximum atomic E-state index is 12.4. The molecule has 1 saturated heterocycles. The Bertz CT molecular complexity index is 692. The second kappa shape index (κ2) is 6.62. The number of benzene rings is 1. The van der Waals surface area contributed by atoms with Gasteiger partial charge in [0.05, 0.1) is 17.2 Å². The van der Waals surface area contributed by atoms with Crippen LogP contribution in [0.25, 0.3) is 11.0 Å². The first-order valence-corrected chi connectivity index (χ1v) is 8.31. The summed E-state index contributed by atoms with van der Waals surface area (Å²) in [5.41, 5.74) is 1.88. The van der Waals surface area contributed by atoms with Crippen molar-refractivity contribution >= 4 is 16.9 Å². The number of piperidine rings is 1. The number of amides is 1. The summed E-state index contributed by atoms with van der Waals surface area (Å²) < 4.78 is 0. The van der Waals surface area contributed by atoms with Crippen molar-refractivity contribution in [2.75, 3.05) is 19.6 Å². The fourth-order valence-electron chi connectivity index (χ4n) is 3.06. The molecule has 5 heteroatoms. The summed E-state index contributed by atoms with van der Waals surface area (Å²) in [6.07, 6.45) is 5.35. The van der Waals surface area contributed by atoms with Crippen molar-refractivity contribution in [3.63, 3.8) is 0 Å². The van der Waals surface area contributed by atoms with Gasteiger partial charge in [0.25, 0.3) is 5.91 Å². The molecule has 1 fully saturated rings. The molecule has 5 nitrogen and oxygen atoms in total. The van der Waals surface area contributed by atoms with Crippen LogP contribution in [0.4, 0.5) is 0 Å². The molecule has 1 aromatic carbocycles. The van der Waals surface area contributed by atoms with Gasteiger partial charge >= 0.3 is 0 Å². The van der Waals surface area contributed by atoms with Crippen LogP contribution in [-0.4, -0.2) is 45.9 Å². The Hall–Kier alpha value is -2.01. The van der Waals surface area contributed by atoms with Crippen molar-refractivity contribution < 1.29 is 4.79 Å². The lowest BCUT2D eigenvalue weighted by Crippen LogP contribution is -2.53. The van der Waals surface area contributed by atoms with E-state index in [1.807, 2.05) is 24.3 Å². The van der Waals surface area contributed by atoms with E-state index >= 15 is 0 Å². The summed E-state index contributed by atoms with van der Waals surface area (Å²) in [4.78, 5) is 23.5. The number of nitrogens with one attached hydrogen (secondary N) is 1. The number of nitrogens with zero attached hydrogens (tertiary/aromatic N) is 3. The zero-order valence-electron chi connectivity index (χ0n) is 13.9. The second-order valence-corrected chi connectivity index (χ2v) is 6.79. The lowest BCUT2D eigenvalue weighted by molar-refractivity contribution is 0.0794. The second-order valence-electron chi connectivity index (χ2n) is 6.79. The van der Waals surface area contributed by atoms with E-state index in [0.29, 0.717) is 12.2 Å². The molecule has 0 radical (unpaired) electrons. The van der Waals surface area contributed by atoms with Gasteiger partial charge in [0, 0.05) is 12.1 Å². The predicted octanol–water partition coefficient (Wildman–Crippen LogP) is 2.62. The molecule has 1 aromatic heterocycles. The predicted molar refractivity (Wildman–Crippen MR) is 91.4 cm³/mol. The van der Waals surface area contributed by atoms with E-state index in [1.54, 1.807) is 6.20 Å². The van der Waals surface area contributed by atoms with Crippen LogP contribution < -0.4 is 5.32 Å². The van der Waals surface area contributed by atoms with E-state index in [2.05, 4.69) is 34.0 Å². The molecule has 2 aromatic rings. The van der Waals surface area contributed by atoms with Gasteiger partial charge < -0.3 is 5.32 Å². The highest BCUT2D eigenvalue weighted by atomic mass is 16.1. The lowest BCUT2D eigenvalue weighted by atomic mass is 9.98. The third-order valence-electron chi connectivity index (χ3n) is 4.57. The molecule has 3 rings (SSSR count). The van der Waals surface area contributed by atoms with E-state index in [-0.39, 0.29) is 11.4 Å². The number of para-hydroxylation sites is 2. The number of carbonyl (C=O) groups excluding carboxylic acids is 1. The normalized spacial score (nSPS) is 16.4. The summed E-state index contributed by atoms with van der Waals surface area (Å²) >= 11 is 0. The van der Waals surface area contributed by atoms with Crippen LogP contribution >= 0.6 is 0 Å². The van der Waals surface area contributed by atoms with Crippen molar-refractivity contribution in [1.29, 1.82) is 0 Å². The number of rotatable bonds is 4. The Kier molecular flexibility index (Phi) is 4.57. The number of aromatic nitrogens is 2. The summed E-state index contributed by atoms with van der Waals surface area (Å²) in [7, 11) is 0. The molecule has 0 atom stereocenters. The number of carbonyl (C=O) groups is 1. The minimum atomic E-state index is -0.159. The highest BCUT2D eigenvalue weighted by molar-refractivity contribution is 5.93. The third-order valence-corrected chi connectivity index (χ3v) is 4.57. The number of hydrogen-bond acceptors (Lipinski definition) is 4. The standard InChI is InChI=1S/C18H24N4O/c1-18(2,22-10-6-3-7-11-22)13-20-17(23)16-12-19-14-8-4-5-9-15(14)21-16/h4-5,8-9,12H,3,6-7,10-11,13H2,1-2H3,(H,20,23). The van der Waals surface area contributed by atoms with Gasteiger partial charge in [-0.15, -0.1) is 0 Å². The smallest absolute Gasteiger partial charge is 0.271 e. The third kappa shape index (κ3) is 3.67. The summed E-state index contributed by atoms with van der Waals surface area (Å²) in [6, 6.07) is 7.58. The first kappa shape index (κ1) is 15.9. The first-order valence-electron chi connectivity index (χ1n) is 8.31. The van der Waals surface area contributed by atoms with E-state index in [9.17, 15) is 4.79 Å². The van der Waals surface area contributed by atoms with Crippen LogP contribution in [0.5, 0.6) is 0 Å². The van der Waals surface area contributed by atoms with Gasteiger partial charge in [-0.05, 0) is 51.9 Å². The molecule has 23 heavy (non-hydrogen) atoms. The highest BCUT2D eigenvalue weighted by Gasteiger charge is 2.28. The Morgan fingerprint density at radius 2 is 1.87 bits per heavy atom. The molecular weight excluding hydrogens is 288 g/mol. The molecule has 0 saturated carbocycles. The van der Waals surface area contributed by atoms with E-state index in [0.717, 1.165) is 24.1 Å². The van der Waals surface area contributed by atoms with Crippen molar-refractivity contribution in [3.05, 3.63) is 36.2 Å². The minimum Gasteiger partial charge on any atom is -0.349 e. The molecule has 1 aliphatic heterocycles. The maximum Gasteiger partial charge on any atom is 0.271 e. The Morgan fingerprint density at radius 3 is 2.61 bits per heavy atom. The Balaban J connectivity index is 1.65. The summed E-state index contributed by atoms with van der Waals surface area (Å²) in [5, 5.41) is 3.02. The largest absolute Gasteiger partial charge is 0.349 e. The average Bonchev–Trinajstić information content (AvgIpc) is 2.60. The molecule has 1 N–H and O–H groups in total. The number of likely N-dealkylation sites (tertiary alicyclic amines) is 1. The van der Waals surface area contributed by atoms with Crippen molar-refractivity contribution in [3.8, 4) is 0 Å². The van der Waals surface area contributed by atoms with Gasteiger partial charge in [0.15, 0.2) is 0 Å². The fraction of sp³-hybridized carbons (Fsp3) is 0.500. The monoisotopic (exact) mass is 312 g/mol. The van der Waals surface area contributed by atoms with E-state index < -0.39 is 0 Å². The number of fused-ring (bicyclic) bond motifs is 1. The zero-order valence-corrected chi connectivity index (χ0v) is 13.9. The molecule has 0 bridgehead atoms. The summed E-state index contributed by atoms with van der Waals surface area (Å²) in [6.45, 7) is 7.20.